The number of amides is 2. The fourth-order valence-corrected chi connectivity index (χ4v) is 5.56. The topological polar surface area (TPSA) is 71.1 Å². The molecule has 2 amide bonds. The van der Waals surface area contributed by atoms with E-state index in [1.165, 1.54) is 34.8 Å². The van der Waals surface area contributed by atoms with Gasteiger partial charge in [-0.15, -0.1) is 22.7 Å². The molecule has 0 saturated heterocycles. The first-order chi connectivity index (χ1) is 14.6. The summed E-state index contributed by atoms with van der Waals surface area (Å²) in [4.78, 5) is 30.7. The molecule has 2 heterocycles. The van der Waals surface area contributed by atoms with Crippen molar-refractivity contribution in [1.29, 1.82) is 0 Å². The van der Waals surface area contributed by atoms with Crippen LogP contribution >= 0.6 is 22.7 Å². The highest BCUT2D eigenvalue weighted by atomic mass is 32.1. The summed E-state index contributed by atoms with van der Waals surface area (Å²) in [6.45, 7) is 2.02. The van der Waals surface area contributed by atoms with Crippen LogP contribution in [0.15, 0.2) is 47.8 Å². The second-order valence-electron chi connectivity index (χ2n) is 7.28. The Balaban J connectivity index is 1.36. The van der Waals surface area contributed by atoms with Gasteiger partial charge in [-0.25, -0.2) is 4.98 Å². The molecule has 0 unspecified atom stereocenters. The van der Waals surface area contributed by atoms with E-state index in [9.17, 15) is 9.59 Å². The van der Waals surface area contributed by atoms with Crippen molar-refractivity contribution in [2.75, 3.05) is 5.32 Å². The molecule has 1 aliphatic carbocycles. The van der Waals surface area contributed by atoms with E-state index in [1.54, 1.807) is 11.3 Å². The largest absolute Gasteiger partial charge is 0.351 e. The zero-order valence-electron chi connectivity index (χ0n) is 16.3. The van der Waals surface area contributed by atoms with Gasteiger partial charge in [-0.3, -0.25) is 14.9 Å². The third kappa shape index (κ3) is 3.51. The third-order valence-corrected chi connectivity index (χ3v) is 7.14. The van der Waals surface area contributed by atoms with Crippen LogP contribution in [0.4, 0.5) is 5.13 Å². The summed E-state index contributed by atoms with van der Waals surface area (Å²) in [6.07, 6.45) is 2.08. The first kappa shape index (κ1) is 19.0. The lowest BCUT2D eigenvalue weighted by Gasteiger charge is -2.08. The monoisotopic (exact) mass is 433 g/mol. The number of rotatable bonds is 5. The molecule has 1 aliphatic rings. The SMILES string of the molecule is CC(=O)NCc1ccc(-c2csc(NC(=O)c3ccc4c5c(cccc35)CC4)n2)s1. The van der Waals surface area contributed by atoms with Crippen molar-refractivity contribution >= 4 is 50.4 Å². The molecule has 0 saturated carbocycles. The first-order valence-corrected chi connectivity index (χ1v) is 11.4. The second kappa shape index (κ2) is 7.66. The molecule has 30 heavy (non-hydrogen) atoms. The molecule has 2 N–H and O–H groups in total. The highest BCUT2D eigenvalue weighted by Gasteiger charge is 2.19. The maximum atomic E-state index is 13.0. The van der Waals surface area contributed by atoms with Crippen LogP contribution in [-0.2, 0) is 24.2 Å². The molecule has 0 fully saturated rings. The Hall–Kier alpha value is -3.03. The predicted octanol–water partition coefficient (Wildman–Crippen LogP) is 5.01. The Bertz CT molecular complexity index is 1280. The highest BCUT2D eigenvalue weighted by Crippen LogP contribution is 2.34. The third-order valence-electron chi connectivity index (χ3n) is 5.27. The van der Waals surface area contributed by atoms with Crippen LogP contribution in [0.2, 0.25) is 0 Å². The average molecular weight is 434 g/mol. The number of benzene rings is 2. The van der Waals surface area contributed by atoms with Gasteiger partial charge in [0, 0.05) is 22.7 Å². The molecule has 0 bridgehead atoms. The number of carbonyl (C=O) groups excluding carboxylic acids is 2. The van der Waals surface area contributed by atoms with Crippen LogP contribution in [0.5, 0.6) is 0 Å². The van der Waals surface area contributed by atoms with Crippen LogP contribution in [0.3, 0.4) is 0 Å². The Labute approximate surface area is 181 Å². The number of hydrogen-bond donors (Lipinski definition) is 2. The molecule has 5 rings (SSSR count). The van der Waals surface area contributed by atoms with Crippen LogP contribution in [0.25, 0.3) is 21.3 Å². The van der Waals surface area contributed by atoms with Crippen molar-refractivity contribution in [3.63, 3.8) is 0 Å². The minimum Gasteiger partial charge on any atom is -0.351 e. The molecule has 5 nitrogen and oxygen atoms in total. The molecular formula is C23H19N3O2S2. The maximum absolute atomic E-state index is 13.0. The van der Waals surface area contributed by atoms with E-state index < -0.39 is 0 Å². The number of aromatic nitrogens is 1. The Morgan fingerprint density at radius 2 is 1.90 bits per heavy atom. The van der Waals surface area contributed by atoms with E-state index in [0.717, 1.165) is 33.7 Å². The maximum Gasteiger partial charge on any atom is 0.258 e. The van der Waals surface area contributed by atoms with Gasteiger partial charge < -0.3 is 5.32 Å². The number of aryl methyl sites for hydroxylation is 2. The summed E-state index contributed by atoms with van der Waals surface area (Å²) >= 11 is 3.00. The van der Waals surface area contributed by atoms with E-state index in [0.29, 0.717) is 17.2 Å². The summed E-state index contributed by atoms with van der Waals surface area (Å²) in [6, 6.07) is 14.2. The number of nitrogens with zero attached hydrogens (tertiary/aromatic N) is 1. The van der Waals surface area contributed by atoms with Crippen LogP contribution < -0.4 is 10.6 Å². The van der Waals surface area contributed by atoms with Gasteiger partial charge in [-0.2, -0.15) is 0 Å². The van der Waals surface area contributed by atoms with E-state index in [2.05, 4.69) is 27.8 Å². The van der Waals surface area contributed by atoms with Crippen molar-refractivity contribution in [3.05, 3.63) is 69.4 Å². The van der Waals surface area contributed by atoms with Gasteiger partial charge in [-0.1, -0.05) is 24.3 Å². The van der Waals surface area contributed by atoms with Gasteiger partial charge in [-0.05, 0) is 52.9 Å². The fraction of sp³-hybridized carbons (Fsp3) is 0.174. The molecule has 2 aromatic carbocycles. The van der Waals surface area contributed by atoms with Crippen molar-refractivity contribution in [3.8, 4) is 10.6 Å². The van der Waals surface area contributed by atoms with Crippen molar-refractivity contribution < 1.29 is 9.59 Å². The standard InChI is InChI=1S/C23H19N3O2S2/c1-13(27)24-11-16-8-10-20(30-16)19-12-29-23(25-19)26-22(28)18-9-7-15-6-5-14-3-2-4-17(18)21(14)15/h2-4,7-10,12H,5-6,11H2,1H3,(H,24,27)(H,25,26,28). The Morgan fingerprint density at radius 1 is 1.07 bits per heavy atom. The smallest absolute Gasteiger partial charge is 0.258 e. The minimum absolute atomic E-state index is 0.0494. The van der Waals surface area contributed by atoms with Gasteiger partial charge in [0.2, 0.25) is 5.91 Å². The van der Waals surface area contributed by atoms with Crippen molar-refractivity contribution in [2.45, 2.75) is 26.3 Å². The highest BCUT2D eigenvalue weighted by molar-refractivity contribution is 7.17. The van der Waals surface area contributed by atoms with Gasteiger partial charge in [0.15, 0.2) is 5.13 Å². The van der Waals surface area contributed by atoms with E-state index >= 15 is 0 Å². The quantitative estimate of drug-likeness (QED) is 0.465. The second-order valence-corrected chi connectivity index (χ2v) is 9.31. The number of carbonyl (C=O) groups is 2. The lowest BCUT2D eigenvalue weighted by Crippen LogP contribution is -2.17. The van der Waals surface area contributed by atoms with E-state index in [-0.39, 0.29) is 11.8 Å². The fourth-order valence-electron chi connectivity index (χ4n) is 3.88. The molecule has 150 valence electrons. The van der Waals surface area contributed by atoms with E-state index in [1.807, 2.05) is 35.7 Å². The van der Waals surface area contributed by atoms with Gasteiger partial charge in [0.25, 0.3) is 5.91 Å². The summed E-state index contributed by atoms with van der Waals surface area (Å²) in [5.74, 6) is -0.185. The molecule has 0 radical (unpaired) electrons. The Morgan fingerprint density at radius 3 is 2.73 bits per heavy atom. The minimum atomic E-state index is -0.135. The number of nitrogens with one attached hydrogen (secondary N) is 2. The number of hydrogen-bond acceptors (Lipinski definition) is 5. The average Bonchev–Trinajstić information content (AvgIpc) is 3.47. The molecule has 7 heteroatoms. The summed E-state index contributed by atoms with van der Waals surface area (Å²) in [5, 5.41) is 10.5. The van der Waals surface area contributed by atoms with Crippen LogP contribution in [0.1, 0.15) is 33.3 Å². The molecule has 2 aromatic heterocycles. The van der Waals surface area contributed by atoms with Crippen LogP contribution in [-0.4, -0.2) is 16.8 Å². The van der Waals surface area contributed by atoms with Crippen molar-refractivity contribution in [1.82, 2.24) is 10.3 Å². The summed E-state index contributed by atoms with van der Waals surface area (Å²) in [5.41, 5.74) is 4.15. The normalized spacial score (nSPS) is 12.3. The molecule has 0 atom stereocenters. The Kier molecular flexibility index (Phi) is 4.84. The zero-order chi connectivity index (χ0) is 20.7. The first-order valence-electron chi connectivity index (χ1n) is 9.72. The zero-order valence-corrected chi connectivity index (χ0v) is 18.0. The van der Waals surface area contributed by atoms with Gasteiger partial charge in [0.05, 0.1) is 17.1 Å². The number of thiazole rings is 1. The van der Waals surface area contributed by atoms with Crippen molar-refractivity contribution in [2.24, 2.45) is 0 Å². The van der Waals surface area contributed by atoms with Gasteiger partial charge >= 0.3 is 0 Å². The number of thiophene rings is 1. The lowest BCUT2D eigenvalue weighted by molar-refractivity contribution is -0.119. The molecule has 0 aliphatic heterocycles. The molecular weight excluding hydrogens is 414 g/mol. The summed E-state index contributed by atoms with van der Waals surface area (Å²) < 4.78 is 0. The van der Waals surface area contributed by atoms with E-state index in [4.69, 9.17) is 0 Å². The number of anilines is 1. The molecule has 4 aromatic rings. The van der Waals surface area contributed by atoms with Crippen LogP contribution in [0, 0.1) is 0 Å². The van der Waals surface area contributed by atoms with Gasteiger partial charge in [0.1, 0.15) is 0 Å². The lowest BCUT2D eigenvalue weighted by atomic mass is 9.99. The molecule has 0 spiro atoms. The summed E-state index contributed by atoms with van der Waals surface area (Å²) in [7, 11) is 0. The predicted molar refractivity (Wildman–Crippen MR) is 122 cm³/mol.